The van der Waals surface area contributed by atoms with Crippen molar-refractivity contribution in [2.45, 2.75) is 19.3 Å². The van der Waals surface area contributed by atoms with Gasteiger partial charge in [0, 0.05) is 20.1 Å². The van der Waals surface area contributed by atoms with Crippen molar-refractivity contribution in [2.24, 2.45) is 4.99 Å². The Kier molecular flexibility index (Phi) is 7.83. The highest BCUT2D eigenvalue weighted by molar-refractivity contribution is 14.0. The summed E-state index contributed by atoms with van der Waals surface area (Å²) in [6, 6.07) is 7.25. The molecule has 0 unspecified atom stereocenters. The fourth-order valence-electron chi connectivity index (χ4n) is 1.84. The highest BCUT2D eigenvalue weighted by atomic mass is 127. The highest BCUT2D eigenvalue weighted by Crippen LogP contribution is 2.29. The number of alkyl halides is 3. The lowest BCUT2D eigenvalue weighted by Gasteiger charge is -2.13. The first kappa shape index (κ1) is 19.8. The Balaban J connectivity index is 0.00000264. The molecule has 2 N–H and O–H groups in total. The summed E-state index contributed by atoms with van der Waals surface area (Å²) < 4.78 is 38.0. The summed E-state index contributed by atoms with van der Waals surface area (Å²) in [6.07, 6.45) is -4.32. The second-order valence-corrected chi connectivity index (χ2v) is 5.39. The molecule has 0 saturated heterocycles. The molecular weight excluding hydrogens is 438 g/mol. The number of nitrogens with zero attached hydrogens (tertiary/aromatic N) is 1. The number of thiophene rings is 1. The van der Waals surface area contributed by atoms with Crippen LogP contribution in [0.25, 0.3) is 0 Å². The van der Waals surface area contributed by atoms with Gasteiger partial charge in [0.15, 0.2) is 5.96 Å². The molecule has 0 radical (unpaired) electrons. The van der Waals surface area contributed by atoms with Crippen molar-refractivity contribution >= 4 is 41.3 Å². The van der Waals surface area contributed by atoms with E-state index in [0.29, 0.717) is 18.1 Å². The Morgan fingerprint density at radius 3 is 2.39 bits per heavy atom. The van der Waals surface area contributed by atoms with Crippen LogP contribution in [-0.4, -0.2) is 13.0 Å². The summed E-state index contributed by atoms with van der Waals surface area (Å²) in [7, 11) is 1.62. The van der Waals surface area contributed by atoms with Crippen molar-refractivity contribution in [3.8, 4) is 0 Å². The number of nitrogens with one attached hydrogen (secondary N) is 2. The standard InChI is InChI=1S/C15H16F3N3S.HI/c1-19-14(21-9-12-5-6-22-10-12)20-8-11-3-2-4-13(7-11)15(16,17)18;/h2-7,10H,8-9H2,1H3,(H2,19,20,21);1H. The molecule has 2 rings (SSSR count). The quantitative estimate of drug-likeness (QED) is 0.411. The fraction of sp³-hybridized carbons (Fsp3) is 0.267. The molecule has 1 aromatic carbocycles. The summed E-state index contributed by atoms with van der Waals surface area (Å²) in [4.78, 5) is 4.05. The second-order valence-electron chi connectivity index (χ2n) is 4.61. The molecule has 0 saturated carbocycles. The lowest BCUT2D eigenvalue weighted by atomic mass is 10.1. The summed E-state index contributed by atoms with van der Waals surface area (Å²) in [6.45, 7) is 0.888. The molecule has 2 aromatic rings. The van der Waals surface area contributed by atoms with Crippen molar-refractivity contribution in [1.82, 2.24) is 10.6 Å². The Bertz CT molecular complexity index is 627. The van der Waals surface area contributed by atoms with Gasteiger partial charge >= 0.3 is 6.18 Å². The predicted octanol–water partition coefficient (Wildman–Crippen LogP) is 4.25. The third-order valence-electron chi connectivity index (χ3n) is 2.98. The molecule has 0 bridgehead atoms. The Labute approximate surface area is 154 Å². The van der Waals surface area contributed by atoms with Crippen LogP contribution in [0.1, 0.15) is 16.7 Å². The first-order valence-electron chi connectivity index (χ1n) is 6.61. The van der Waals surface area contributed by atoms with Gasteiger partial charge in [-0.1, -0.05) is 12.1 Å². The van der Waals surface area contributed by atoms with Gasteiger partial charge in [0.05, 0.1) is 5.56 Å². The molecule has 0 aliphatic carbocycles. The van der Waals surface area contributed by atoms with Crippen LogP contribution in [0.2, 0.25) is 0 Å². The number of halogens is 4. The van der Waals surface area contributed by atoms with Crippen LogP contribution in [0.15, 0.2) is 46.1 Å². The van der Waals surface area contributed by atoms with E-state index in [9.17, 15) is 13.2 Å². The SMILES string of the molecule is CN=C(NCc1ccsc1)NCc1cccc(C(F)(F)F)c1.I. The zero-order valence-corrected chi connectivity index (χ0v) is 15.5. The average molecular weight is 455 g/mol. The largest absolute Gasteiger partial charge is 0.416 e. The van der Waals surface area contributed by atoms with E-state index in [2.05, 4.69) is 15.6 Å². The van der Waals surface area contributed by atoms with Gasteiger partial charge < -0.3 is 10.6 Å². The van der Waals surface area contributed by atoms with Gasteiger partial charge in [0.1, 0.15) is 0 Å². The molecule has 0 spiro atoms. The van der Waals surface area contributed by atoms with E-state index in [0.717, 1.165) is 17.7 Å². The van der Waals surface area contributed by atoms with Crippen LogP contribution < -0.4 is 10.6 Å². The minimum Gasteiger partial charge on any atom is -0.352 e. The molecule has 1 aromatic heterocycles. The van der Waals surface area contributed by atoms with Gasteiger partial charge in [-0.3, -0.25) is 4.99 Å². The van der Waals surface area contributed by atoms with E-state index in [4.69, 9.17) is 0 Å². The number of rotatable bonds is 4. The van der Waals surface area contributed by atoms with Crippen LogP contribution in [-0.2, 0) is 19.3 Å². The maximum absolute atomic E-state index is 12.7. The molecule has 0 atom stereocenters. The normalized spacial score (nSPS) is 11.7. The van der Waals surface area contributed by atoms with Crippen molar-refractivity contribution in [2.75, 3.05) is 7.05 Å². The van der Waals surface area contributed by atoms with E-state index in [1.807, 2.05) is 16.8 Å². The number of hydrogen-bond acceptors (Lipinski definition) is 2. The van der Waals surface area contributed by atoms with E-state index >= 15 is 0 Å². The third kappa shape index (κ3) is 6.38. The number of benzene rings is 1. The van der Waals surface area contributed by atoms with Gasteiger partial charge in [-0.25, -0.2) is 0 Å². The van der Waals surface area contributed by atoms with Gasteiger partial charge in [-0.15, -0.1) is 24.0 Å². The highest BCUT2D eigenvalue weighted by Gasteiger charge is 2.30. The Morgan fingerprint density at radius 2 is 1.83 bits per heavy atom. The molecule has 3 nitrogen and oxygen atoms in total. The Morgan fingerprint density at radius 1 is 1.13 bits per heavy atom. The maximum atomic E-state index is 12.7. The molecule has 8 heteroatoms. The zero-order valence-electron chi connectivity index (χ0n) is 12.4. The minimum atomic E-state index is -4.32. The molecule has 0 amide bonds. The minimum absolute atomic E-state index is 0. The first-order valence-corrected chi connectivity index (χ1v) is 7.55. The van der Waals surface area contributed by atoms with E-state index in [-0.39, 0.29) is 30.5 Å². The summed E-state index contributed by atoms with van der Waals surface area (Å²) >= 11 is 1.61. The fourth-order valence-corrected chi connectivity index (χ4v) is 2.51. The topological polar surface area (TPSA) is 36.4 Å². The molecule has 126 valence electrons. The summed E-state index contributed by atoms with van der Waals surface area (Å²) in [5, 5.41) is 10.1. The average Bonchev–Trinajstić information content (AvgIpc) is 3.00. The number of hydrogen-bond donors (Lipinski definition) is 2. The van der Waals surface area contributed by atoms with E-state index in [1.54, 1.807) is 24.5 Å². The molecule has 0 aliphatic rings. The number of aliphatic imine (C=N–C) groups is 1. The smallest absolute Gasteiger partial charge is 0.352 e. The van der Waals surface area contributed by atoms with Crippen molar-refractivity contribution in [1.29, 1.82) is 0 Å². The molecule has 0 fully saturated rings. The lowest BCUT2D eigenvalue weighted by Crippen LogP contribution is -2.36. The van der Waals surface area contributed by atoms with Crippen LogP contribution in [0.5, 0.6) is 0 Å². The first-order chi connectivity index (χ1) is 10.5. The zero-order chi connectivity index (χ0) is 16.0. The van der Waals surface area contributed by atoms with Crippen LogP contribution >= 0.6 is 35.3 Å². The van der Waals surface area contributed by atoms with Gasteiger partial charge in [-0.05, 0) is 40.1 Å². The van der Waals surface area contributed by atoms with Gasteiger partial charge in [-0.2, -0.15) is 24.5 Å². The number of guanidine groups is 1. The second kappa shape index (κ2) is 9.11. The van der Waals surface area contributed by atoms with Crippen LogP contribution in [0, 0.1) is 0 Å². The van der Waals surface area contributed by atoms with Gasteiger partial charge in [0.25, 0.3) is 0 Å². The molecule has 1 heterocycles. The predicted molar refractivity (Wildman–Crippen MR) is 98.2 cm³/mol. The van der Waals surface area contributed by atoms with Crippen LogP contribution in [0.4, 0.5) is 13.2 Å². The Hall–Kier alpha value is -1.29. The van der Waals surface area contributed by atoms with Crippen molar-refractivity contribution in [3.05, 3.63) is 57.8 Å². The maximum Gasteiger partial charge on any atom is 0.416 e. The molecule has 0 aliphatic heterocycles. The summed E-state index contributed by atoms with van der Waals surface area (Å²) in [5.41, 5.74) is 1.04. The van der Waals surface area contributed by atoms with Gasteiger partial charge in [0.2, 0.25) is 0 Å². The molecule has 23 heavy (non-hydrogen) atoms. The lowest BCUT2D eigenvalue weighted by molar-refractivity contribution is -0.137. The third-order valence-corrected chi connectivity index (χ3v) is 3.71. The van der Waals surface area contributed by atoms with Crippen molar-refractivity contribution < 1.29 is 13.2 Å². The summed E-state index contributed by atoms with van der Waals surface area (Å²) in [5.74, 6) is 0.545. The monoisotopic (exact) mass is 455 g/mol. The van der Waals surface area contributed by atoms with E-state index in [1.165, 1.54) is 6.07 Å². The van der Waals surface area contributed by atoms with Crippen LogP contribution in [0.3, 0.4) is 0 Å². The van der Waals surface area contributed by atoms with E-state index < -0.39 is 11.7 Å². The van der Waals surface area contributed by atoms with Crippen molar-refractivity contribution in [3.63, 3.8) is 0 Å². The molecular formula is C15H17F3IN3S.